The van der Waals surface area contributed by atoms with E-state index in [0.717, 1.165) is 18.2 Å². The number of halogens is 5. The fraction of sp³-hybridized carbons (Fsp3) is 0.222. The van der Waals surface area contributed by atoms with Crippen LogP contribution in [0.4, 0.5) is 27.9 Å². The number of nitrogens with one attached hydrogen (secondary N) is 2. The minimum atomic E-state index is -4.53. The smallest absolute Gasteiger partial charge is 0.324 e. The van der Waals surface area contributed by atoms with Crippen molar-refractivity contribution in [1.29, 1.82) is 0 Å². The number of imidazole rings is 1. The van der Waals surface area contributed by atoms with E-state index >= 15 is 0 Å². The Morgan fingerprint density at radius 1 is 1.11 bits per heavy atom. The van der Waals surface area contributed by atoms with Crippen molar-refractivity contribution in [3.05, 3.63) is 59.7 Å². The Hall–Kier alpha value is -2.97. The number of aromatic nitrogens is 2. The van der Waals surface area contributed by atoms with Gasteiger partial charge in [-0.1, -0.05) is 30.3 Å². The molecule has 4 rings (SSSR count). The standard InChI is InChI=1S/C18H12F5N3O/c19-17(20)13(9-4-2-1-3-5-9)14(17)15(27)26-16-24-11-7-6-10(18(21,22)23)8-12(11)25-16/h1-8,13-14H,(H2,24,25,26,27). The van der Waals surface area contributed by atoms with Gasteiger partial charge in [-0.05, 0) is 23.8 Å². The van der Waals surface area contributed by atoms with Gasteiger partial charge >= 0.3 is 6.18 Å². The summed E-state index contributed by atoms with van der Waals surface area (Å²) in [7, 11) is 0. The normalized spacial score (nSPS) is 21.2. The zero-order chi connectivity index (χ0) is 19.4. The van der Waals surface area contributed by atoms with Crippen LogP contribution in [0.15, 0.2) is 48.5 Å². The summed E-state index contributed by atoms with van der Waals surface area (Å²) in [4.78, 5) is 18.7. The number of carbonyl (C=O) groups excluding carboxylic acids is 1. The molecule has 2 aromatic carbocycles. The number of hydrogen-bond acceptors (Lipinski definition) is 2. The van der Waals surface area contributed by atoms with Gasteiger partial charge in [0.1, 0.15) is 5.92 Å². The maximum absolute atomic E-state index is 14.1. The zero-order valence-corrected chi connectivity index (χ0v) is 13.5. The first-order valence-corrected chi connectivity index (χ1v) is 7.98. The molecule has 27 heavy (non-hydrogen) atoms. The van der Waals surface area contributed by atoms with E-state index in [1.54, 1.807) is 18.2 Å². The van der Waals surface area contributed by atoms with E-state index < -0.39 is 35.4 Å². The van der Waals surface area contributed by atoms with Crippen LogP contribution in [0.3, 0.4) is 0 Å². The lowest BCUT2D eigenvalue weighted by molar-refractivity contribution is -0.137. The van der Waals surface area contributed by atoms with Crippen molar-refractivity contribution in [2.24, 2.45) is 5.92 Å². The molecule has 0 bridgehead atoms. The first kappa shape index (κ1) is 17.4. The second kappa shape index (κ2) is 5.77. The molecule has 9 heteroatoms. The average Bonchev–Trinajstić information content (AvgIpc) is 2.96. The van der Waals surface area contributed by atoms with Crippen molar-refractivity contribution in [2.75, 3.05) is 5.32 Å². The largest absolute Gasteiger partial charge is 0.416 e. The highest BCUT2D eigenvalue weighted by atomic mass is 19.4. The molecule has 2 N–H and O–H groups in total. The molecule has 1 aliphatic rings. The molecule has 140 valence electrons. The minimum Gasteiger partial charge on any atom is -0.324 e. The van der Waals surface area contributed by atoms with Crippen LogP contribution < -0.4 is 5.32 Å². The van der Waals surface area contributed by atoms with Crippen LogP contribution in [0, 0.1) is 5.92 Å². The highest BCUT2D eigenvalue weighted by molar-refractivity contribution is 5.96. The van der Waals surface area contributed by atoms with Crippen LogP contribution in [0.25, 0.3) is 11.0 Å². The Labute approximate surface area is 149 Å². The number of alkyl halides is 5. The van der Waals surface area contributed by atoms with Gasteiger partial charge in [-0.15, -0.1) is 0 Å². The number of aromatic amines is 1. The SMILES string of the molecule is O=C(Nc1nc2ccc(C(F)(F)F)cc2[nH]1)C1C(c2ccccc2)C1(F)F. The average molecular weight is 381 g/mol. The molecule has 1 aromatic heterocycles. The van der Waals surface area contributed by atoms with E-state index in [1.165, 1.54) is 12.1 Å². The summed E-state index contributed by atoms with van der Waals surface area (Å²) in [5.74, 6) is -7.10. The van der Waals surface area contributed by atoms with Gasteiger partial charge in [-0.25, -0.2) is 13.8 Å². The highest BCUT2D eigenvalue weighted by Gasteiger charge is 2.72. The predicted octanol–water partition coefficient (Wildman–Crippen LogP) is 4.57. The van der Waals surface area contributed by atoms with Crippen LogP contribution in [0.5, 0.6) is 0 Å². The van der Waals surface area contributed by atoms with Gasteiger partial charge in [0.05, 0.1) is 22.5 Å². The van der Waals surface area contributed by atoms with Gasteiger partial charge in [0.25, 0.3) is 5.92 Å². The lowest BCUT2D eigenvalue weighted by atomic mass is 10.1. The van der Waals surface area contributed by atoms with E-state index in [1.807, 2.05) is 0 Å². The summed E-state index contributed by atoms with van der Waals surface area (Å²) in [5, 5.41) is 2.24. The molecule has 0 spiro atoms. The predicted molar refractivity (Wildman–Crippen MR) is 87.3 cm³/mol. The Morgan fingerprint density at radius 2 is 1.81 bits per heavy atom. The number of carbonyl (C=O) groups is 1. The first-order chi connectivity index (χ1) is 12.7. The Balaban J connectivity index is 1.55. The van der Waals surface area contributed by atoms with E-state index in [9.17, 15) is 26.7 Å². The topological polar surface area (TPSA) is 57.8 Å². The van der Waals surface area contributed by atoms with Crippen molar-refractivity contribution >= 4 is 22.9 Å². The van der Waals surface area contributed by atoms with Crippen molar-refractivity contribution in [3.63, 3.8) is 0 Å². The molecular weight excluding hydrogens is 369 g/mol. The third kappa shape index (κ3) is 3.02. The monoisotopic (exact) mass is 381 g/mol. The minimum absolute atomic E-state index is 0.0438. The van der Waals surface area contributed by atoms with Crippen LogP contribution >= 0.6 is 0 Å². The second-order valence-electron chi connectivity index (χ2n) is 6.34. The van der Waals surface area contributed by atoms with Crippen molar-refractivity contribution in [3.8, 4) is 0 Å². The number of H-pyrrole nitrogens is 1. The number of rotatable bonds is 3. The molecule has 1 fully saturated rings. The Kier molecular flexibility index (Phi) is 3.72. The molecule has 3 aromatic rings. The lowest BCUT2D eigenvalue weighted by Gasteiger charge is -2.05. The van der Waals surface area contributed by atoms with Crippen molar-refractivity contribution < 1.29 is 26.7 Å². The molecule has 4 nitrogen and oxygen atoms in total. The number of nitrogens with zero attached hydrogens (tertiary/aromatic N) is 1. The molecule has 0 saturated heterocycles. The molecule has 2 atom stereocenters. The van der Waals surface area contributed by atoms with Gasteiger partial charge in [-0.3, -0.25) is 10.1 Å². The molecule has 1 aliphatic carbocycles. The number of fused-ring (bicyclic) bond motifs is 1. The number of anilines is 1. The Bertz CT molecular complexity index is 1010. The van der Waals surface area contributed by atoms with E-state index in [-0.39, 0.29) is 17.0 Å². The summed E-state index contributed by atoms with van der Waals surface area (Å²) in [6.07, 6.45) is -4.53. The lowest BCUT2D eigenvalue weighted by Crippen LogP contribution is -2.18. The number of amides is 1. The molecule has 1 heterocycles. The molecular formula is C18H12F5N3O. The first-order valence-electron chi connectivity index (χ1n) is 7.98. The summed E-state index contributed by atoms with van der Waals surface area (Å²) in [6.45, 7) is 0. The molecule has 2 unspecified atom stereocenters. The summed E-state index contributed by atoms with van der Waals surface area (Å²) in [5.41, 5.74) is -0.306. The van der Waals surface area contributed by atoms with E-state index in [4.69, 9.17) is 0 Å². The summed E-state index contributed by atoms with van der Waals surface area (Å²) < 4.78 is 66.4. The van der Waals surface area contributed by atoms with Gasteiger partial charge in [0, 0.05) is 0 Å². The molecule has 0 aliphatic heterocycles. The highest BCUT2D eigenvalue weighted by Crippen LogP contribution is 2.61. The molecule has 1 saturated carbocycles. The van der Waals surface area contributed by atoms with Crippen molar-refractivity contribution in [1.82, 2.24) is 9.97 Å². The molecule has 0 radical (unpaired) electrons. The van der Waals surface area contributed by atoms with Gasteiger partial charge in [-0.2, -0.15) is 13.2 Å². The quantitative estimate of drug-likeness (QED) is 0.653. The number of hydrogen-bond donors (Lipinski definition) is 2. The van der Waals surface area contributed by atoms with E-state index in [0.29, 0.717) is 5.56 Å². The summed E-state index contributed by atoms with van der Waals surface area (Å²) in [6, 6.07) is 10.8. The maximum atomic E-state index is 14.1. The Morgan fingerprint density at radius 3 is 2.48 bits per heavy atom. The van der Waals surface area contributed by atoms with Crippen LogP contribution in [0.1, 0.15) is 17.0 Å². The van der Waals surface area contributed by atoms with Crippen LogP contribution in [-0.4, -0.2) is 21.8 Å². The number of benzene rings is 2. The van der Waals surface area contributed by atoms with Gasteiger partial charge in [0.15, 0.2) is 0 Å². The summed E-state index contributed by atoms with van der Waals surface area (Å²) >= 11 is 0. The van der Waals surface area contributed by atoms with Crippen LogP contribution in [-0.2, 0) is 11.0 Å². The van der Waals surface area contributed by atoms with Crippen LogP contribution in [0.2, 0.25) is 0 Å². The third-order valence-electron chi connectivity index (χ3n) is 4.55. The fourth-order valence-corrected chi connectivity index (χ4v) is 3.17. The van der Waals surface area contributed by atoms with Crippen molar-refractivity contribution in [2.45, 2.75) is 18.0 Å². The third-order valence-corrected chi connectivity index (χ3v) is 4.55. The fourth-order valence-electron chi connectivity index (χ4n) is 3.17. The van der Waals surface area contributed by atoms with Gasteiger partial charge < -0.3 is 4.98 Å². The molecule has 1 amide bonds. The zero-order valence-electron chi connectivity index (χ0n) is 13.5. The maximum Gasteiger partial charge on any atom is 0.416 e. The van der Waals surface area contributed by atoms with E-state index in [2.05, 4.69) is 15.3 Å². The second-order valence-corrected chi connectivity index (χ2v) is 6.34. The van der Waals surface area contributed by atoms with Gasteiger partial charge in [0.2, 0.25) is 11.9 Å².